The Labute approximate surface area is 86.3 Å². The Kier molecular flexibility index (Phi) is 5.37. The lowest BCUT2D eigenvalue weighted by atomic mass is 10.2. The minimum Gasteiger partial charge on any atom is -0.403 e. The summed E-state index contributed by atoms with van der Waals surface area (Å²) in [6.07, 6.45) is 3.21. The van der Waals surface area contributed by atoms with Crippen LogP contribution < -0.4 is 5.73 Å². The van der Waals surface area contributed by atoms with Gasteiger partial charge in [0.1, 0.15) is 0 Å². The number of allylic oxidation sites excluding steroid dienone is 2. The molecule has 3 heteroatoms. The maximum Gasteiger partial charge on any atom is 0.0604 e. The Bertz CT molecular complexity index is 274. The van der Waals surface area contributed by atoms with Crippen molar-refractivity contribution in [3.63, 3.8) is 0 Å². The van der Waals surface area contributed by atoms with Crippen molar-refractivity contribution in [3.8, 4) is 0 Å². The van der Waals surface area contributed by atoms with Crippen LogP contribution in [0.25, 0.3) is 0 Å². The molecule has 0 aliphatic heterocycles. The van der Waals surface area contributed by atoms with Gasteiger partial charge in [-0.15, -0.1) is 0 Å². The molecule has 0 heterocycles. The van der Waals surface area contributed by atoms with Gasteiger partial charge in [0.05, 0.1) is 5.70 Å². The fourth-order valence-electron chi connectivity index (χ4n) is 0.904. The van der Waals surface area contributed by atoms with Gasteiger partial charge in [-0.2, -0.15) is 0 Å². The summed E-state index contributed by atoms with van der Waals surface area (Å²) < 4.78 is 0. The molecule has 0 amide bonds. The van der Waals surface area contributed by atoms with Gasteiger partial charge in [-0.05, 0) is 13.8 Å². The van der Waals surface area contributed by atoms with Crippen LogP contribution in [-0.4, -0.2) is 24.7 Å². The summed E-state index contributed by atoms with van der Waals surface area (Å²) in [5.74, 6) is 0. The van der Waals surface area contributed by atoms with Gasteiger partial charge in [0.15, 0.2) is 0 Å². The number of likely N-dealkylation sites (N-methyl/N-ethyl adjacent to an activating group) is 1. The van der Waals surface area contributed by atoms with Crippen molar-refractivity contribution >= 4 is 6.21 Å². The normalized spacial score (nSPS) is 11.8. The van der Waals surface area contributed by atoms with Gasteiger partial charge in [-0.1, -0.05) is 13.2 Å². The van der Waals surface area contributed by atoms with Crippen molar-refractivity contribution in [2.45, 2.75) is 13.8 Å². The molecule has 0 saturated heterocycles. The Morgan fingerprint density at radius 1 is 1.50 bits per heavy atom. The number of hydrogen-bond acceptors (Lipinski definition) is 3. The van der Waals surface area contributed by atoms with Gasteiger partial charge in [0.2, 0.25) is 0 Å². The lowest BCUT2D eigenvalue weighted by Crippen LogP contribution is -2.19. The molecule has 0 aromatic carbocycles. The highest BCUT2D eigenvalue weighted by Gasteiger charge is 2.03. The molecular formula is C11H19N3. The average Bonchev–Trinajstić information content (AvgIpc) is 2.15. The van der Waals surface area contributed by atoms with Crippen LogP contribution in [0.2, 0.25) is 0 Å². The summed E-state index contributed by atoms with van der Waals surface area (Å²) in [6, 6.07) is 0. The summed E-state index contributed by atoms with van der Waals surface area (Å²) in [4.78, 5) is 6.07. The molecule has 0 bridgehead atoms. The highest BCUT2D eigenvalue weighted by Crippen LogP contribution is 2.08. The molecule has 0 rings (SSSR count). The summed E-state index contributed by atoms with van der Waals surface area (Å²) in [6.45, 7) is 12.3. The molecule has 0 aliphatic carbocycles. The quantitative estimate of drug-likeness (QED) is 0.535. The first kappa shape index (κ1) is 12.5. The minimum absolute atomic E-state index is 0.752. The zero-order chi connectivity index (χ0) is 11.1. The number of rotatable bonds is 5. The van der Waals surface area contributed by atoms with Gasteiger partial charge in [-0.25, -0.2) is 0 Å². The molecule has 0 aromatic rings. The number of hydrogen-bond donors (Lipinski definition) is 1. The smallest absolute Gasteiger partial charge is 0.0604 e. The number of aliphatic imine (C=N–C) groups is 1. The third-order valence-electron chi connectivity index (χ3n) is 1.81. The lowest BCUT2D eigenvalue weighted by molar-refractivity contribution is 0.452. The van der Waals surface area contributed by atoms with Crippen LogP contribution in [0.5, 0.6) is 0 Å². The molecule has 0 aromatic heterocycles. The van der Waals surface area contributed by atoms with E-state index in [0.29, 0.717) is 0 Å². The predicted molar refractivity (Wildman–Crippen MR) is 63.0 cm³/mol. The van der Waals surface area contributed by atoms with E-state index in [2.05, 4.69) is 18.2 Å². The highest BCUT2D eigenvalue weighted by atomic mass is 15.1. The molecule has 0 radical (unpaired) electrons. The summed E-state index contributed by atoms with van der Waals surface area (Å²) >= 11 is 0. The third kappa shape index (κ3) is 3.94. The van der Waals surface area contributed by atoms with Crippen LogP contribution in [0.15, 0.2) is 41.3 Å². The second-order valence-electron chi connectivity index (χ2n) is 3.08. The van der Waals surface area contributed by atoms with E-state index in [1.165, 1.54) is 6.20 Å². The van der Waals surface area contributed by atoms with E-state index in [0.717, 1.165) is 23.5 Å². The van der Waals surface area contributed by atoms with Crippen LogP contribution in [0, 0.1) is 0 Å². The fraction of sp³-hybridized carbons (Fsp3) is 0.364. The van der Waals surface area contributed by atoms with Crippen molar-refractivity contribution in [1.82, 2.24) is 4.90 Å². The van der Waals surface area contributed by atoms with Gasteiger partial charge in [0, 0.05) is 37.3 Å². The molecule has 3 nitrogen and oxygen atoms in total. The largest absolute Gasteiger partial charge is 0.403 e. The van der Waals surface area contributed by atoms with Crippen LogP contribution in [0.1, 0.15) is 13.8 Å². The topological polar surface area (TPSA) is 41.6 Å². The van der Waals surface area contributed by atoms with Crippen LogP contribution in [-0.2, 0) is 0 Å². The van der Waals surface area contributed by atoms with E-state index in [1.54, 1.807) is 6.21 Å². The molecule has 0 saturated carbocycles. The number of nitrogens with zero attached hydrogens (tertiary/aromatic N) is 2. The molecule has 2 N–H and O–H groups in total. The standard InChI is InChI=1S/C11H19N3/c1-6-14(5)11(7-12)10(4)8-13-9(2)3/h7-8H,2,4,6,12H2,1,3,5H3/b11-7-,13-8-. The maximum atomic E-state index is 5.51. The Hall–Kier alpha value is -1.51. The SMILES string of the molecule is C=C(C)/N=C\C(=C)/C(=C/N)N(C)CC. The van der Waals surface area contributed by atoms with E-state index < -0.39 is 0 Å². The van der Waals surface area contributed by atoms with Gasteiger partial charge in [0.25, 0.3) is 0 Å². The van der Waals surface area contributed by atoms with E-state index in [4.69, 9.17) is 5.73 Å². The molecule has 0 atom stereocenters. The Morgan fingerprint density at radius 3 is 2.43 bits per heavy atom. The van der Waals surface area contributed by atoms with Crippen LogP contribution >= 0.6 is 0 Å². The monoisotopic (exact) mass is 193 g/mol. The Morgan fingerprint density at radius 2 is 2.07 bits per heavy atom. The first-order valence-electron chi connectivity index (χ1n) is 4.54. The third-order valence-corrected chi connectivity index (χ3v) is 1.81. The average molecular weight is 193 g/mol. The van der Waals surface area contributed by atoms with Crippen molar-refractivity contribution in [3.05, 3.63) is 36.3 Å². The van der Waals surface area contributed by atoms with Crippen molar-refractivity contribution in [2.75, 3.05) is 13.6 Å². The predicted octanol–water partition coefficient (Wildman–Crippen LogP) is 1.90. The molecule has 14 heavy (non-hydrogen) atoms. The maximum absolute atomic E-state index is 5.51. The summed E-state index contributed by atoms with van der Waals surface area (Å²) in [5, 5.41) is 0. The van der Waals surface area contributed by atoms with Gasteiger partial charge >= 0.3 is 0 Å². The van der Waals surface area contributed by atoms with E-state index in [1.807, 2.05) is 25.8 Å². The highest BCUT2D eigenvalue weighted by molar-refractivity contribution is 5.83. The van der Waals surface area contributed by atoms with E-state index in [9.17, 15) is 0 Å². The minimum atomic E-state index is 0.752. The zero-order valence-electron chi connectivity index (χ0n) is 9.25. The fourth-order valence-corrected chi connectivity index (χ4v) is 0.904. The van der Waals surface area contributed by atoms with E-state index >= 15 is 0 Å². The van der Waals surface area contributed by atoms with E-state index in [-0.39, 0.29) is 0 Å². The van der Waals surface area contributed by atoms with Crippen LogP contribution in [0.3, 0.4) is 0 Å². The van der Waals surface area contributed by atoms with Crippen LogP contribution in [0.4, 0.5) is 0 Å². The van der Waals surface area contributed by atoms with Crippen molar-refractivity contribution in [1.29, 1.82) is 0 Å². The second-order valence-corrected chi connectivity index (χ2v) is 3.08. The second kappa shape index (κ2) is 6.02. The molecular weight excluding hydrogens is 174 g/mol. The Balaban J connectivity index is 4.57. The zero-order valence-corrected chi connectivity index (χ0v) is 9.25. The first-order valence-corrected chi connectivity index (χ1v) is 4.54. The number of nitrogens with two attached hydrogens (primary N) is 1. The first-order chi connectivity index (χ1) is 6.52. The molecule has 0 fully saturated rings. The van der Waals surface area contributed by atoms with Gasteiger partial charge < -0.3 is 10.6 Å². The molecule has 0 unspecified atom stereocenters. The molecule has 0 aliphatic rings. The van der Waals surface area contributed by atoms with Crippen molar-refractivity contribution < 1.29 is 0 Å². The van der Waals surface area contributed by atoms with Gasteiger partial charge in [-0.3, -0.25) is 4.99 Å². The molecule has 0 spiro atoms. The summed E-state index contributed by atoms with van der Waals surface area (Å²) in [5.41, 5.74) is 7.94. The lowest BCUT2D eigenvalue weighted by Gasteiger charge is -2.20. The summed E-state index contributed by atoms with van der Waals surface area (Å²) in [7, 11) is 1.96. The van der Waals surface area contributed by atoms with Crippen molar-refractivity contribution in [2.24, 2.45) is 10.7 Å². The molecule has 78 valence electrons.